The molecule has 2 atom stereocenters. The monoisotopic (exact) mass is 204 g/mol. The van der Waals surface area contributed by atoms with Crippen LogP contribution in [0.2, 0.25) is 0 Å². The fourth-order valence-corrected chi connectivity index (χ4v) is 0.915. The summed E-state index contributed by atoms with van der Waals surface area (Å²) in [5.74, 6) is -0.279. The number of hydrogen-bond acceptors (Lipinski definition) is 4. The van der Waals surface area contributed by atoms with Crippen LogP contribution >= 0.6 is 0 Å². The Morgan fingerprint density at radius 3 is 2.21 bits per heavy atom. The smallest absolute Gasteiger partial charge is 0.302 e. The van der Waals surface area contributed by atoms with E-state index in [2.05, 4.69) is 0 Å². The Hall–Kier alpha value is -0.610. The molecule has 0 bridgehead atoms. The predicted molar refractivity (Wildman–Crippen MR) is 53.1 cm³/mol. The minimum Gasteiger partial charge on any atom is -0.463 e. The van der Waals surface area contributed by atoms with Gasteiger partial charge in [-0.3, -0.25) is 4.79 Å². The van der Waals surface area contributed by atoms with Gasteiger partial charge in [0.05, 0.1) is 18.8 Å². The summed E-state index contributed by atoms with van der Waals surface area (Å²) in [6.07, 6.45) is 0.00147. The van der Waals surface area contributed by atoms with Gasteiger partial charge >= 0.3 is 5.97 Å². The van der Waals surface area contributed by atoms with Crippen LogP contribution in [0.15, 0.2) is 0 Å². The molecule has 4 nitrogen and oxygen atoms in total. The van der Waals surface area contributed by atoms with Crippen LogP contribution in [0.5, 0.6) is 0 Å². The minimum absolute atomic E-state index is 0.0817. The average Bonchev–Trinajstić information content (AvgIpc) is 2.12. The second kappa shape index (κ2) is 7.76. The molecular weight excluding hydrogens is 184 g/mol. The highest BCUT2D eigenvalue weighted by Crippen LogP contribution is 1.97. The van der Waals surface area contributed by atoms with Gasteiger partial charge in [0.15, 0.2) is 0 Å². The Bertz CT molecular complexity index is 158. The van der Waals surface area contributed by atoms with Gasteiger partial charge in [-0.05, 0) is 20.8 Å². The van der Waals surface area contributed by atoms with Gasteiger partial charge in [0.2, 0.25) is 0 Å². The van der Waals surface area contributed by atoms with Gasteiger partial charge in [0.25, 0.3) is 0 Å². The van der Waals surface area contributed by atoms with Crippen LogP contribution in [0, 0.1) is 0 Å². The van der Waals surface area contributed by atoms with E-state index in [1.165, 1.54) is 6.92 Å². The zero-order valence-corrected chi connectivity index (χ0v) is 9.41. The van der Waals surface area contributed by atoms with Crippen LogP contribution in [0.3, 0.4) is 0 Å². The number of esters is 1. The molecule has 0 saturated heterocycles. The third kappa shape index (κ3) is 8.01. The molecule has 0 aliphatic rings. The van der Waals surface area contributed by atoms with E-state index < -0.39 is 0 Å². The zero-order valence-electron chi connectivity index (χ0n) is 9.41. The number of carbonyl (C=O) groups is 1. The van der Waals surface area contributed by atoms with Crippen molar-refractivity contribution in [3.8, 4) is 0 Å². The molecule has 0 amide bonds. The largest absolute Gasteiger partial charge is 0.463 e. The fraction of sp³-hybridized carbons (Fsp3) is 0.900. The first kappa shape index (κ1) is 13.4. The molecule has 14 heavy (non-hydrogen) atoms. The van der Waals surface area contributed by atoms with E-state index in [1.54, 1.807) is 0 Å². The molecular formula is C10H20O4. The van der Waals surface area contributed by atoms with E-state index in [9.17, 15) is 4.79 Å². The van der Waals surface area contributed by atoms with E-state index >= 15 is 0 Å². The second-order valence-corrected chi connectivity index (χ2v) is 3.21. The molecule has 0 heterocycles. The summed E-state index contributed by atoms with van der Waals surface area (Å²) in [4.78, 5) is 10.5. The van der Waals surface area contributed by atoms with E-state index in [4.69, 9.17) is 14.2 Å². The molecule has 0 N–H and O–H groups in total. The summed E-state index contributed by atoms with van der Waals surface area (Å²) >= 11 is 0. The van der Waals surface area contributed by atoms with Crippen LogP contribution in [-0.4, -0.2) is 38.0 Å². The van der Waals surface area contributed by atoms with Crippen molar-refractivity contribution in [3.63, 3.8) is 0 Å². The number of ether oxygens (including phenoxy) is 3. The van der Waals surface area contributed by atoms with E-state index in [1.807, 2.05) is 20.8 Å². The normalized spacial score (nSPS) is 14.9. The summed E-state index contributed by atoms with van der Waals surface area (Å²) in [5.41, 5.74) is 0. The minimum atomic E-state index is -0.279. The number of hydrogen-bond donors (Lipinski definition) is 0. The first-order valence-corrected chi connectivity index (χ1v) is 4.92. The molecule has 2 unspecified atom stereocenters. The maximum Gasteiger partial charge on any atom is 0.302 e. The lowest BCUT2D eigenvalue weighted by Crippen LogP contribution is -2.24. The molecule has 0 aliphatic heterocycles. The van der Waals surface area contributed by atoms with Crippen molar-refractivity contribution in [2.45, 2.75) is 39.9 Å². The van der Waals surface area contributed by atoms with E-state index in [0.29, 0.717) is 19.8 Å². The first-order chi connectivity index (χ1) is 6.56. The Labute approximate surface area is 85.5 Å². The van der Waals surface area contributed by atoms with Crippen molar-refractivity contribution in [1.29, 1.82) is 0 Å². The van der Waals surface area contributed by atoms with Crippen molar-refractivity contribution in [1.82, 2.24) is 0 Å². The average molecular weight is 204 g/mol. The van der Waals surface area contributed by atoms with Crippen LogP contribution < -0.4 is 0 Å². The van der Waals surface area contributed by atoms with Gasteiger partial charge in [-0.2, -0.15) is 0 Å². The van der Waals surface area contributed by atoms with Crippen molar-refractivity contribution >= 4 is 5.97 Å². The van der Waals surface area contributed by atoms with Crippen molar-refractivity contribution in [2.75, 3.05) is 19.8 Å². The maximum absolute atomic E-state index is 10.5. The van der Waals surface area contributed by atoms with Gasteiger partial charge in [-0.1, -0.05) is 0 Å². The standard InChI is InChI=1S/C10H20O4/c1-5-12-8(2)6-13-9(3)7-14-10(4)11/h8-9H,5-7H2,1-4H3. The number of carbonyl (C=O) groups excluding carboxylic acids is 1. The lowest BCUT2D eigenvalue weighted by Gasteiger charge is -2.16. The SMILES string of the molecule is CCOC(C)COC(C)COC(C)=O. The third-order valence-electron chi connectivity index (χ3n) is 1.59. The molecule has 0 saturated carbocycles. The first-order valence-electron chi connectivity index (χ1n) is 4.92. The Morgan fingerprint density at radius 2 is 1.71 bits per heavy atom. The maximum atomic E-state index is 10.5. The fourth-order valence-electron chi connectivity index (χ4n) is 0.915. The highest BCUT2D eigenvalue weighted by molar-refractivity contribution is 5.65. The van der Waals surface area contributed by atoms with Crippen LogP contribution in [0.4, 0.5) is 0 Å². The number of rotatable bonds is 7. The molecule has 0 rings (SSSR count). The molecule has 0 fully saturated rings. The van der Waals surface area contributed by atoms with E-state index in [-0.39, 0.29) is 18.2 Å². The molecule has 0 aromatic heterocycles. The zero-order chi connectivity index (χ0) is 11.0. The summed E-state index contributed by atoms with van der Waals surface area (Å²) in [7, 11) is 0. The van der Waals surface area contributed by atoms with Gasteiger partial charge in [0, 0.05) is 13.5 Å². The topological polar surface area (TPSA) is 44.8 Å². The lowest BCUT2D eigenvalue weighted by atomic mass is 10.4. The summed E-state index contributed by atoms with van der Waals surface area (Å²) < 4.78 is 15.5. The van der Waals surface area contributed by atoms with E-state index in [0.717, 1.165) is 0 Å². The Kier molecular flexibility index (Phi) is 7.42. The van der Waals surface area contributed by atoms with Crippen LogP contribution in [-0.2, 0) is 19.0 Å². The van der Waals surface area contributed by atoms with Crippen molar-refractivity contribution in [2.24, 2.45) is 0 Å². The van der Waals surface area contributed by atoms with Gasteiger partial charge in [-0.25, -0.2) is 0 Å². The summed E-state index contributed by atoms with van der Waals surface area (Å²) in [6.45, 7) is 8.64. The van der Waals surface area contributed by atoms with Crippen molar-refractivity contribution in [3.05, 3.63) is 0 Å². The molecule has 0 aliphatic carbocycles. The highest BCUT2D eigenvalue weighted by Gasteiger charge is 2.07. The Morgan fingerprint density at radius 1 is 1.14 bits per heavy atom. The van der Waals surface area contributed by atoms with Crippen LogP contribution in [0.25, 0.3) is 0 Å². The van der Waals surface area contributed by atoms with Gasteiger partial charge in [-0.15, -0.1) is 0 Å². The Balaban J connectivity index is 3.42. The van der Waals surface area contributed by atoms with Crippen molar-refractivity contribution < 1.29 is 19.0 Å². The molecule has 4 heteroatoms. The second-order valence-electron chi connectivity index (χ2n) is 3.21. The molecule has 0 aromatic rings. The summed E-state index contributed by atoms with van der Waals surface area (Å²) in [5, 5.41) is 0. The third-order valence-corrected chi connectivity index (χ3v) is 1.59. The molecule has 0 spiro atoms. The molecule has 84 valence electrons. The van der Waals surface area contributed by atoms with Gasteiger partial charge in [0.1, 0.15) is 6.61 Å². The quantitative estimate of drug-likeness (QED) is 0.588. The lowest BCUT2D eigenvalue weighted by molar-refractivity contribution is -0.145. The van der Waals surface area contributed by atoms with Gasteiger partial charge < -0.3 is 14.2 Å². The van der Waals surface area contributed by atoms with Crippen LogP contribution in [0.1, 0.15) is 27.7 Å². The molecule has 0 aromatic carbocycles. The highest BCUT2D eigenvalue weighted by atomic mass is 16.6. The molecule has 0 radical (unpaired) electrons. The predicted octanol–water partition coefficient (Wildman–Crippen LogP) is 1.38. The summed E-state index contributed by atoms with van der Waals surface area (Å²) in [6, 6.07) is 0.